The topological polar surface area (TPSA) is 50.8 Å². The van der Waals surface area contributed by atoms with Gasteiger partial charge in [0.25, 0.3) is 0 Å². The van der Waals surface area contributed by atoms with Crippen molar-refractivity contribution in [3.8, 4) is 0 Å². The first-order valence-corrected chi connectivity index (χ1v) is 13.9. The van der Waals surface area contributed by atoms with Crippen molar-refractivity contribution in [1.82, 2.24) is 4.90 Å². The van der Waals surface area contributed by atoms with Crippen molar-refractivity contribution in [2.45, 2.75) is 70.6 Å². The number of aliphatic imine (C=N–C) groups is 1. The average molecular weight is 462 g/mol. The van der Waals surface area contributed by atoms with Crippen LogP contribution in [0.15, 0.2) is 28.1 Å². The second kappa shape index (κ2) is 15.9. The molecule has 0 bridgehead atoms. The van der Waals surface area contributed by atoms with Crippen LogP contribution in [0.2, 0.25) is 0 Å². The van der Waals surface area contributed by atoms with Crippen LogP contribution in [-0.2, 0) is 11.2 Å². The maximum absolute atomic E-state index is 6.02. The lowest BCUT2D eigenvalue weighted by Crippen LogP contribution is -2.33. The summed E-state index contributed by atoms with van der Waals surface area (Å²) in [6.45, 7) is 16.6. The van der Waals surface area contributed by atoms with Crippen LogP contribution in [0.25, 0.3) is 0 Å². The number of nitrogens with two attached hydrogens (primary N) is 1. The zero-order chi connectivity index (χ0) is 23.2. The highest BCUT2D eigenvalue weighted by molar-refractivity contribution is 7.99. The van der Waals surface area contributed by atoms with E-state index >= 15 is 0 Å². The summed E-state index contributed by atoms with van der Waals surface area (Å²) in [6.07, 6.45) is 8.52. The Morgan fingerprint density at radius 3 is 2.56 bits per heavy atom. The van der Waals surface area contributed by atoms with Gasteiger partial charge in [0.2, 0.25) is 0 Å². The predicted octanol–water partition coefficient (Wildman–Crippen LogP) is 6.19. The van der Waals surface area contributed by atoms with E-state index in [-0.39, 0.29) is 0 Å². The van der Waals surface area contributed by atoms with Crippen molar-refractivity contribution in [3.05, 3.63) is 23.8 Å². The normalized spacial score (nSPS) is 16.9. The molecule has 1 aromatic rings. The first kappa shape index (κ1) is 27.4. The Bertz CT molecular complexity index is 644. The summed E-state index contributed by atoms with van der Waals surface area (Å²) in [5, 5.41) is 0. The minimum absolute atomic E-state index is 0.707. The van der Waals surface area contributed by atoms with Crippen molar-refractivity contribution in [1.29, 1.82) is 0 Å². The summed E-state index contributed by atoms with van der Waals surface area (Å²) in [5.74, 6) is 3.44. The highest BCUT2D eigenvalue weighted by Gasteiger charge is 2.27. The molecule has 2 atom stereocenters. The van der Waals surface area contributed by atoms with Gasteiger partial charge in [-0.1, -0.05) is 26.8 Å². The van der Waals surface area contributed by atoms with Crippen molar-refractivity contribution in [3.63, 3.8) is 0 Å². The molecule has 0 saturated carbocycles. The van der Waals surface area contributed by atoms with Crippen LogP contribution in [0.5, 0.6) is 0 Å². The fourth-order valence-electron chi connectivity index (χ4n) is 5.08. The van der Waals surface area contributed by atoms with Gasteiger partial charge in [-0.25, -0.2) is 0 Å². The molecule has 1 saturated heterocycles. The van der Waals surface area contributed by atoms with Crippen LogP contribution in [0.3, 0.4) is 0 Å². The number of thioether (sulfide) groups is 1. The Morgan fingerprint density at radius 2 is 1.94 bits per heavy atom. The lowest BCUT2D eigenvalue weighted by molar-refractivity contribution is 0.0379. The molecular weight excluding hydrogens is 414 g/mol. The molecule has 0 amide bonds. The number of benzene rings is 1. The molecule has 0 aliphatic carbocycles. The van der Waals surface area contributed by atoms with Gasteiger partial charge >= 0.3 is 0 Å². The maximum Gasteiger partial charge on any atom is 0.0758 e. The van der Waals surface area contributed by atoms with Crippen LogP contribution >= 0.6 is 11.8 Å². The molecule has 1 aliphatic heterocycles. The zero-order valence-electron chi connectivity index (χ0n) is 20.9. The number of aryl methyl sites for hydroxylation is 1. The lowest BCUT2D eigenvalue weighted by atomic mass is 9.77. The SMILES string of the molecule is C=Nc1ccc(CC)cc1SCCCC(CC(CCN)CN(CC)CC)C1CCOCC1. The monoisotopic (exact) mass is 461 g/mol. The summed E-state index contributed by atoms with van der Waals surface area (Å²) in [4.78, 5) is 8.09. The summed E-state index contributed by atoms with van der Waals surface area (Å²) >= 11 is 1.95. The van der Waals surface area contributed by atoms with E-state index < -0.39 is 0 Å². The second-order valence-corrected chi connectivity index (χ2v) is 10.3. The van der Waals surface area contributed by atoms with Gasteiger partial charge in [0.1, 0.15) is 0 Å². The third-order valence-corrected chi connectivity index (χ3v) is 8.26. The van der Waals surface area contributed by atoms with E-state index in [4.69, 9.17) is 10.5 Å². The summed E-state index contributed by atoms with van der Waals surface area (Å²) < 4.78 is 5.68. The molecular formula is C27H47N3OS. The predicted molar refractivity (Wildman–Crippen MR) is 142 cm³/mol. The van der Waals surface area contributed by atoms with Gasteiger partial charge in [-0.2, -0.15) is 0 Å². The lowest BCUT2D eigenvalue weighted by Gasteiger charge is -2.34. The van der Waals surface area contributed by atoms with Gasteiger partial charge in [0.15, 0.2) is 0 Å². The first-order chi connectivity index (χ1) is 15.6. The number of hydrogen-bond acceptors (Lipinski definition) is 5. The van der Waals surface area contributed by atoms with Gasteiger partial charge in [0, 0.05) is 24.7 Å². The smallest absolute Gasteiger partial charge is 0.0758 e. The highest BCUT2D eigenvalue weighted by atomic mass is 32.2. The van der Waals surface area contributed by atoms with E-state index in [1.807, 2.05) is 11.8 Å². The van der Waals surface area contributed by atoms with Crippen LogP contribution < -0.4 is 5.73 Å². The molecule has 182 valence electrons. The van der Waals surface area contributed by atoms with E-state index in [0.717, 1.165) is 69.0 Å². The Kier molecular flexibility index (Phi) is 13.6. The van der Waals surface area contributed by atoms with Crippen molar-refractivity contribution in [2.24, 2.45) is 28.5 Å². The molecule has 2 unspecified atom stereocenters. The average Bonchev–Trinajstić information content (AvgIpc) is 2.84. The van der Waals surface area contributed by atoms with E-state index in [1.165, 1.54) is 49.1 Å². The second-order valence-electron chi connectivity index (χ2n) is 9.18. The Balaban J connectivity index is 1.97. The third-order valence-electron chi connectivity index (χ3n) is 7.13. The molecule has 1 aromatic carbocycles. The van der Waals surface area contributed by atoms with Gasteiger partial charge in [-0.15, -0.1) is 11.8 Å². The number of hydrogen-bond donors (Lipinski definition) is 1. The quantitative estimate of drug-likeness (QED) is 0.181. The minimum Gasteiger partial charge on any atom is -0.381 e. The summed E-state index contributed by atoms with van der Waals surface area (Å²) in [7, 11) is 0. The van der Waals surface area contributed by atoms with E-state index in [1.54, 1.807) is 0 Å². The van der Waals surface area contributed by atoms with Crippen LogP contribution in [0.1, 0.15) is 64.9 Å². The third kappa shape index (κ3) is 9.17. The molecule has 1 fully saturated rings. The Morgan fingerprint density at radius 1 is 1.19 bits per heavy atom. The molecule has 4 nitrogen and oxygen atoms in total. The molecule has 0 radical (unpaired) electrons. The molecule has 0 aromatic heterocycles. The Labute approximate surface area is 201 Å². The molecule has 1 aliphatic rings. The number of rotatable bonds is 16. The highest BCUT2D eigenvalue weighted by Crippen LogP contribution is 2.36. The van der Waals surface area contributed by atoms with Crippen LogP contribution in [0.4, 0.5) is 5.69 Å². The van der Waals surface area contributed by atoms with Gasteiger partial charge in [0.05, 0.1) is 5.69 Å². The number of ether oxygens (including phenoxy) is 1. The minimum atomic E-state index is 0.707. The van der Waals surface area contributed by atoms with Gasteiger partial charge in [-0.05, 0) is 113 Å². The maximum atomic E-state index is 6.02. The fourth-order valence-corrected chi connectivity index (χ4v) is 6.13. The Hall–Kier alpha value is -0.880. The van der Waals surface area contributed by atoms with Crippen molar-refractivity contribution < 1.29 is 4.74 Å². The molecule has 32 heavy (non-hydrogen) atoms. The van der Waals surface area contributed by atoms with Gasteiger partial charge in [-0.3, -0.25) is 4.99 Å². The van der Waals surface area contributed by atoms with Crippen LogP contribution in [-0.4, -0.2) is 56.8 Å². The molecule has 2 N–H and O–H groups in total. The van der Waals surface area contributed by atoms with Gasteiger partial charge < -0.3 is 15.4 Å². The number of nitrogens with zero attached hydrogens (tertiary/aromatic N) is 2. The fraction of sp³-hybridized carbons (Fsp3) is 0.741. The molecule has 0 spiro atoms. The molecule has 5 heteroatoms. The standard InChI is InChI=1S/C27H47N3OS/c1-5-22-10-11-26(29-4)27(20-22)32-18-8-9-25(24-13-16-31-17-14-24)19-23(12-15-28)21-30(6-2)7-3/h10-11,20,23-25H,4-9,12-19,21,28H2,1-3H3. The molecule has 2 rings (SSSR count). The van der Waals surface area contributed by atoms with Crippen molar-refractivity contribution >= 4 is 24.2 Å². The zero-order valence-corrected chi connectivity index (χ0v) is 21.7. The summed E-state index contributed by atoms with van der Waals surface area (Å²) in [6, 6.07) is 6.58. The summed E-state index contributed by atoms with van der Waals surface area (Å²) in [5.41, 5.74) is 8.42. The van der Waals surface area contributed by atoms with E-state index in [0.29, 0.717) is 5.92 Å². The largest absolute Gasteiger partial charge is 0.381 e. The molecule has 1 heterocycles. The van der Waals surface area contributed by atoms with E-state index in [2.05, 4.69) is 55.6 Å². The first-order valence-electron chi connectivity index (χ1n) is 12.9. The van der Waals surface area contributed by atoms with Crippen LogP contribution in [0, 0.1) is 17.8 Å². The van der Waals surface area contributed by atoms with Crippen molar-refractivity contribution in [2.75, 3.05) is 45.1 Å². The van der Waals surface area contributed by atoms with E-state index in [9.17, 15) is 0 Å².